The summed E-state index contributed by atoms with van der Waals surface area (Å²) in [5.74, 6) is -0.298. The highest BCUT2D eigenvalue weighted by Gasteiger charge is 2.52. The van der Waals surface area contributed by atoms with E-state index >= 15 is 0 Å². The third-order valence-electron chi connectivity index (χ3n) is 4.92. The molecule has 0 saturated carbocycles. The first-order chi connectivity index (χ1) is 12.9. The third kappa shape index (κ3) is 2.85. The summed E-state index contributed by atoms with van der Waals surface area (Å²) in [6, 6.07) is 6.96. The molecule has 27 heavy (non-hydrogen) atoms. The van der Waals surface area contributed by atoms with Crippen molar-refractivity contribution in [2.24, 2.45) is 0 Å². The molecule has 3 atom stereocenters. The standard InChI is InChI=1S/C17H20N6O3S/c1-9(14-19-10-6-4-5-7-11(10)27-14)18-12(24)8-23-15-13(20-16(23)25)21(2)17(26)22(15)3/h4-7,9,13,15H,8H2,1-3H3,(H,18,24)(H,20,25)/t9-,13+,15-/m0/s1. The van der Waals surface area contributed by atoms with Crippen LogP contribution < -0.4 is 10.6 Å². The molecule has 0 unspecified atom stereocenters. The number of nitrogens with zero attached hydrogens (tertiary/aromatic N) is 4. The minimum absolute atomic E-state index is 0.131. The Morgan fingerprint density at radius 2 is 2.04 bits per heavy atom. The number of aromatic nitrogens is 1. The maximum Gasteiger partial charge on any atom is 0.323 e. The number of carbonyl (C=O) groups excluding carboxylic acids is 3. The molecule has 2 fully saturated rings. The normalized spacial score (nSPS) is 23.0. The molecule has 2 aliphatic heterocycles. The Hall–Kier alpha value is -2.88. The average Bonchev–Trinajstić information content (AvgIpc) is 3.26. The monoisotopic (exact) mass is 388 g/mol. The lowest BCUT2D eigenvalue weighted by molar-refractivity contribution is -0.122. The van der Waals surface area contributed by atoms with Gasteiger partial charge >= 0.3 is 12.1 Å². The topological polar surface area (TPSA) is 97.9 Å². The SMILES string of the molecule is C[C@H](NC(=O)CN1C(=O)N[C@H]2[C@H]1N(C)C(=O)N2C)c1nc2ccccc2s1. The van der Waals surface area contributed by atoms with E-state index in [1.54, 1.807) is 14.1 Å². The van der Waals surface area contributed by atoms with Gasteiger partial charge in [-0.3, -0.25) is 9.69 Å². The predicted octanol–water partition coefficient (Wildman–Crippen LogP) is 1.15. The van der Waals surface area contributed by atoms with Crippen LogP contribution in [0.3, 0.4) is 0 Å². The van der Waals surface area contributed by atoms with E-state index in [0.29, 0.717) is 0 Å². The molecule has 2 N–H and O–H groups in total. The number of carbonyl (C=O) groups is 3. The van der Waals surface area contributed by atoms with Crippen molar-refractivity contribution in [3.63, 3.8) is 0 Å². The predicted molar refractivity (Wildman–Crippen MR) is 99.9 cm³/mol. The Kier molecular flexibility index (Phi) is 4.14. The fourth-order valence-corrected chi connectivity index (χ4v) is 4.49. The van der Waals surface area contributed by atoms with E-state index in [4.69, 9.17) is 0 Å². The fraction of sp³-hybridized carbons (Fsp3) is 0.412. The molecule has 0 aliphatic carbocycles. The van der Waals surface area contributed by atoms with Gasteiger partial charge in [0, 0.05) is 14.1 Å². The first-order valence-electron chi connectivity index (χ1n) is 8.58. The van der Waals surface area contributed by atoms with Crippen molar-refractivity contribution in [1.82, 2.24) is 30.3 Å². The molecular weight excluding hydrogens is 368 g/mol. The van der Waals surface area contributed by atoms with E-state index < -0.39 is 12.3 Å². The number of thiazole rings is 1. The average molecular weight is 388 g/mol. The van der Waals surface area contributed by atoms with Gasteiger partial charge in [-0.15, -0.1) is 11.3 Å². The van der Waals surface area contributed by atoms with Gasteiger partial charge in [-0.05, 0) is 19.1 Å². The Balaban J connectivity index is 1.44. The Morgan fingerprint density at radius 1 is 1.30 bits per heavy atom. The fourth-order valence-electron chi connectivity index (χ4n) is 3.52. The van der Waals surface area contributed by atoms with Gasteiger partial charge < -0.3 is 20.4 Å². The van der Waals surface area contributed by atoms with Gasteiger partial charge in [0.25, 0.3) is 0 Å². The number of fused-ring (bicyclic) bond motifs is 2. The summed E-state index contributed by atoms with van der Waals surface area (Å²) < 4.78 is 1.06. The Morgan fingerprint density at radius 3 is 2.78 bits per heavy atom. The van der Waals surface area contributed by atoms with Crippen LogP contribution in [0.25, 0.3) is 10.2 Å². The second-order valence-corrected chi connectivity index (χ2v) is 7.81. The highest BCUT2D eigenvalue weighted by Crippen LogP contribution is 2.27. The molecule has 2 aromatic rings. The van der Waals surface area contributed by atoms with E-state index in [1.807, 2.05) is 31.2 Å². The number of hydrogen-bond acceptors (Lipinski definition) is 5. The van der Waals surface area contributed by atoms with Crippen LogP contribution >= 0.6 is 11.3 Å². The summed E-state index contributed by atoms with van der Waals surface area (Å²) in [4.78, 5) is 45.7. The van der Waals surface area contributed by atoms with Crippen LogP contribution in [0.1, 0.15) is 18.0 Å². The molecule has 0 spiro atoms. The Bertz CT molecular complexity index is 897. The first kappa shape index (κ1) is 17.5. The molecule has 2 saturated heterocycles. The molecule has 10 heteroatoms. The molecule has 4 rings (SSSR count). The minimum Gasteiger partial charge on any atom is -0.346 e. The number of urea groups is 2. The van der Waals surface area contributed by atoms with Crippen LogP contribution in [-0.4, -0.2) is 70.6 Å². The van der Waals surface area contributed by atoms with Gasteiger partial charge in [-0.25, -0.2) is 14.6 Å². The van der Waals surface area contributed by atoms with E-state index in [0.717, 1.165) is 15.2 Å². The zero-order chi connectivity index (χ0) is 19.3. The van der Waals surface area contributed by atoms with Crippen molar-refractivity contribution in [2.45, 2.75) is 25.3 Å². The summed E-state index contributed by atoms with van der Waals surface area (Å²) in [5.41, 5.74) is 0.898. The second-order valence-electron chi connectivity index (χ2n) is 6.75. The van der Waals surface area contributed by atoms with Crippen molar-refractivity contribution >= 4 is 39.5 Å². The number of para-hydroxylation sites is 1. The third-order valence-corrected chi connectivity index (χ3v) is 6.14. The number of nitrogens with one attached hydrogen (secondary N) is 2. The maximum absolute atomic E-state index is 12.5. The van der Waals surface area contributed by atoms with Crippen molar-refractivity contribution in [1.29, 1.82) is 0 Å². The van der Waals surface area contributed by atoms with Crippen molar-refractivity contribution < 1.29 is 14.4 Å². The lowest BCUT2D eigenvalue weighted by Gasteiger charge is -2.26. The van der Waals surface area contributed by atoms with Crippen molar-refractivity contribution in [2.75, 3.05) is 20.6 Å². The molecular formula is C17H20N6O3S. The molecule has 1 aromatic heterocycles. The Labute approximate surface area is 159 Å². The summed E-state index contributed by atoms with van der Waals surface area (Å²) >= 11 is 1.53. The largest absolute Gasteiger partial charge is 0.346 e. The summed E-state index contributed by atoms with van der Waals surface area (Å²) in [7, 11) is 3.25. The number of likely N-dealkylation sites (N-methyl/N-ethyl adjacent to an activating group) is 2. The van der Waals surface area contributed by atoms with Crippen molar-refractivity contribution in [3.05, 3.63) is 29.3 Å². The summed E-state index contributed by atoms with van der Waals surface area (Å²) in [6.45, 7) is 1.73. The molecule has 2 aliphatic rings. The molecule has 142 valence electrons. The number of hydrogen-bond donors (Lipinski definition) is 2. The van der Waals surface area contributed by atoms with E-state index in [9.17, 15) is 14.4 Å². The quantitative estimate of drug-likeness (QED) is 0.821. The minimum atomic E-state index is -0.501. The first-order valence-corrected chi connectivity index (χ1v) is 9.40. The molecule has 0 radical (unpaired) electrons. The molecule has 5 amide bonds. The molecule has 0 bridgehead atoms. The van der Waals surface area contributed by atoms with E-state index in [-0.39, 0.29) is 30.6 Å². The van der Waals surface area contributed by atoms with Crippen LogP contribution in [0.2, 0.25) is 0 Å². The maximum atomic E-state index is 12.5. The van der Waals surface area contributed by atoms with Crippen LogP contribution in [0.4, 0.5) is 9.59 Å². The highest BCUT2D eigenvalue weighted by atomic mass is 32.1. The number of benzene rings is 1. The van der Waals surface area contributed by atoms with Crippen LogP contribution in [0, 0.1) is 0 Å². The number of rotatable bonds is 4. The van der Waals surface area contributed by atoms with Crippen LogP contribution in [-0.2, 0) is 4.79 Å². The smallest absolute Gasteiger partial charge is 0.323 e. The van der Waals surface area contributed by atoms with Gasteiger partial charge in [-0.2, -0.15) is 0 Å². The second kappa shape index (κ2) is 6.38. The molecule has 3 heterocycles. The van der Waals surface area contributed by atoms with E-state index in [2.05, 4.69) is 15.6 Å². The molecule has 9 nitrogen and oxygen atoms in total. The van der Waals surface area contributed by atoms with Crippen molar-refractivity contribution in [3.8, 4) is 0 Å². The molecule has 1 aromatic carbocycles. The van der Waals surface area contributed by atoms with Crippen LogP contribution in [0.5, 0.6) is 0 Å². The van der Waals surface area contributed by atoms with Gasteiger partial charge in [0.05, 0.1) is 16.3 Å². The lowest BCUT2D eigenvalue weighted by Crippen LogP contribution is -2.48. The van der Waals surface area contributed by atoms with E-state index in [1.165, 1.54) is 26.0 Å². The van der Waals surface area contributed by atoms with Gasteiger partial charge in [0.15, 0.2) is 0 Å². The summed E-state index contributed by atoms with van der Waals surface area (Å²) in [5, 5.41) is 6.44. The highest BCUT2D eigenvalue weighted by molar-refractivity contribution is 7.18. The zero-order valence-electron chi connectivity index (χ0n) is 15.2. The van der Waals surface area contributed by atoms with Crippen LogP contribution in [0.15, 0.2) is 24.3 Å². The van der Waals surface area contributed by atoms with Gasteiger partial charge in [0.2, 0.25) is 5.91 Å². The summed E-state index contributed by atoms with van der Waals surface area (Å²) in [6.07, 6.45) is -0.956. The lowest BCUT2D eigenvalue weighted by atomic mass is 10.3. The zero-order valence-corrected chi connectivity index (χ0v) is 16.0. The van der Waals surface area contributed by atoms with Gasteiger partial charge in [-0.1, -0.05) is 12.1 Å². The van der Waals surface area contributed by atoms with Gasteiger partial charge in [0.1, 0.15) is 23.9 Å². The number of amides is 5.